The normalized spacial score (nSPS) is 10.2. The zero-order valence-electron chi connectivity index (χ0n) is 7.00. The van der Waals surface area contributed by atoms with Crippen LogP contribution in [0.25, 0.3) is 0 Å². The third-order valence-corrected chi connectivity index (χ3v) is 2.47. The van der Waals surface area contributed by atoms with Gasteiger partial charge in [-0.2, -0.15) is 5.26 Å². The summed E-state index contributed by atoms with van der Waals surface area (Å²) >= 11 is 3.33. The van der Waals surface area contributed by atoms with Crippen LogP contribution >= 0.6 is 15.9 Å². The van der Waals surface area contributed by atoms with Gasteiger partial charge in [0.2, 0.25) is 0 Å². The Morgan fingerprint density at radius 1 is 1.67 bits per heavy atom. The Hall–Kier alpha value is -0.950. The molecule has 0 bridgehead atoms. The number of nitriles is 1. The van der Waals surface area contributed by atoms with Gasteiger partial charge >= 0.3 is 0 Å². The molecule has 1 aromatic rings. The number of hydrogen-bond donors (Lipinski definition) is 1. The number of nitrogen functional groups attached to an aromatic ring is 1. The van der Waals surface area contributed by atoms with Crippen LogP contribution in [0, 0.1) is 11.3 Å². The van der Waals surface area contributed by atoms with E-state index < -0.39 is 0 Å². The van der Waals surface area contributed by atoms with Crippen molar-refractivity contribution in [1.82, 2.24) is 4.57 Å². The van der Waals surface area contributed by atoms with E-state index in [-0.39, 0.29) is 6.04 Å². The second kappa shape index (κ2) is 3.20. The van der Waals surface area contributed by atoms with E-state index in [1.165, 1.54) is 0 Å². The van der Waals surface area contributed by atoms with Crippen molar-refractivity contribution in [3.8, 4) is 6.07 Å². The Morgan fingerprint density at radius 3 is 2.58 bits per heavy atom. The quantitative estimate of drug-likeness (QED) is 0.801. The van der Waals surface area contributed by atoms with Crippen molar-refractivity contribution in [3.63, 3.8) is 0 Å². The smallest absolute Gasteiger partial charge is 0.123 e. The van der Waals surface area contributed by atoms with E-state index in [0.29, 0.717) is 11.4 Å². The molecule has 0 atom stereocenters. The maximum atomic E-state index is 8.76. The Morgan fingerprint density at radius 2 is 2.25 bits per heavy atom. The summed E-state index contributed by atoms with van der Waals surface area (Å²) in [6.45, 7) is 4.01. The second-order valence-electron chi connectivity index (χ2n) is 2.85. The Labute approximate surface area is 79.9 Å². The molecule has 0 unspecified atom stereocenters. The standard InChI is InChI=1S/C8H10BrN3/c1-5(2)12-6(4-10)3-7(11)8(12)9/h3,5H,11H2,1-2H3. The number of hydrogen-bond acceptors (Lipinski definition) is 2. The predicted molar refractivity (Wildman–Crippen MR) is 51.6 cm³/mol. The van der Waals surface area contributed by atoms with Gasteiger partial charge in [0, 0.05) is 6.04 Å². The molecule has 0 spiro atoms. The van der Waals surface area contributed by atoms with Crippen LogP contribution in [-0.4, -0.2) is 4.57 Å². The fourth-order valence-electron chi connectivity index (χ4n) is 1.11. The van der Waals surface area contributed by atoms with Crippen molar-refractivity contribution >= 4 is 21.6 Å². The molecule has 1 aromatic heterocycles. The highest BCUT2D eigenvalue weighted by atomic mass is 79.9. The topological polar surface area (TPSA) is 54.7 Å². The van der Waals surface area contributed by atoms with E-state index in [4.69, 9.17) is 11.0 Å². The molecule has 0 saturated carbocycles. The van der Waals surface area contributed by atoms with E-state index in [9.17, 15) is 0 Å². The lowest BCUT2D eigenvalue weighted by Crippen LogP contribution is -2.03. The fourth-order valence-corrected chi connectivity index (χ4v) is 1.83. The van der Waals surface area contributed by atoms with E-state index >= 15 is 0 Å². The fraction of sp³-hybridized carbons (Fsp3) is 0.375. The maximum absolute atomic E-state index is 8.76. The molecule has 0 fully saturated rings. The van der Waals surface area contributed by atoms with Gasteiger partial charge in [-0.1, -0.05) is 0 Å². The summed E-state index contributed by atoms with van der Waals surface area (Å²) < 4.78 is 2.64. The van der Waals surface area contributed by atoms with Crippen molar-refractivity contribution < 1.29 is 0 Å². The average Bonchev–Trinajstić information content (AvgIpc) is 2.28. The summed E-state index contributed by atoms with van der Waals surface area (Å²) in [5.74, 6) is 0. The Kier molecular flexibility index (Phi) is 2.43. The summed E-state index contributed by atoms with van der Waals surface area (Å²) in [7, 11) is 0. The lowest BCUT2D eigenvalue weighted by Gasteiger charge is -2.10. The number of aromatic nitrogens is 1. The van der Waals surface area contributed by atoms with Crippen LogP contribution in [0.4, 0.5) is 5.69 Å². The zero-order chi connectivity index (χ0) is 9.30. The molecule has 0 radical (unpaired) electrons. The van der Waals surface area contributed by atoms with Gasteiger partial charge in [-0.15, -0.1) is 0 Å². The van der Waals surface area contributed by atoms with Crippen LogP contribution in [0.5, 0.6) is 0 Å². The van der Waals surface area contributed by atoms with E-state index in [2.05, 4.69) is 22.0 Å². The molecule has 1 rings (SSSR count). The summed E-state index contributed by atoms with van der Waals surface area (Å²) in [5.41, 5.74) is 6.84. The van der Waals surface area contributed by atoms with Gasteiger partial charge in [0.15, 0.2) is 0 Å². The predicted octanol–water partition coefficient (Wildman–Crippen LogP) is 2.29. The second-order valence-corrected chi connectivity index (χ2v) is 3.60. The molecule has 0 amide bonds. The minimum absolute atomic E-state index is 0.242. The maximum Gasteiger partial charge on any atom is 0.123 e. The molecule has 0 saturated heterocycles. The lowest BCUT2D eigenvalue weighted by atomic mass is 10.3. The van der Waals surface area contributed by atoms with E-state index in [0.717, 1.165) is 4.60 Å². The monoisotopic (exact) mass is 227 g/mol. The van der Waals surface area contributed by atoms with Crippen LogP contribution in [-0.2, 0) is 0 Å². The third-order valence-electron chi connectivity index (χ3n) is 1.63. The van der Waals surface area contributed by atoms with Crippen molar-refractivity contribution in [2.75, 3.05) is 5.73 Å². The van der Waals surface area contributed by atoms with Gasteiger partial charge in [0.25, 0.3) is 0 Å². The van der Waals surface area contributed by atoms with Gasteiger partial charge < -0.3 is 10.3 Å². The van der Waals surface area contributed by atoms with Gasteiger partial charge in [0.1, 0.15) is 16.4 Å². The minimum atomic E-state index is 0.242. The van der Waals surface area contributed by atoms with Crippen LogP contribution in [0.1, 0.15) is 25.6 Å². The molecule has 4 heteroatoms. The summed E-state index contributed by atoms with van der Waals surface area (Å²) in [6.07, 6.45) is 0. The molecular weight excluding hydrogens is 218 g/mol. The van der Waals surface area contributed by atoms with Crippen molar-refractivity contribution in [1.29, 1.82) is 5.26 Å². The molecular formula is C8H10BrN3. The molecule has 2 N–H and O–H groups in total. The van der Waals surface area contributed by atoms with E-state index in [1.807, 2.05) is 18.4 Å². The first-order valence-electron chi connectivity index (χ1n) is 3.64. The van der Waals surface area contributed by atoms with E-state index in [1.54, 1.807) is 6.07 Å². The molecule has 3 nitrogen and oxygen atoms in total. The number of rotatable bonds is 1. The van der Waals surface area contributed by atoms with Crippen LogP contribution in [0.3, 0.4) is 0 Å². The highest BCUT2D eigenvalue weighted by Gasteiger charge is 2.12. The highest BCUT2D eigenvalue weighted by Crippen LogP contribution is 2.27. The van der Waals surface area contributed by atoms with Crippen LogP contribution in [0.2, 0.25) is 0 Å². The number of halogens is 1. The number of nitrogens with zero attached hydrogens (tertiary/aromatic N) is 2. The van der Waals surface area contributed by atoms with Crippen LogP contribution in [0.15, 0.2) is 10.7 Å². The molecule has 12 heavy (non-hydrogen) atoms. The van der Waals surface area contributed by atoms with Gasteiger partial charge in [-0.3, -0.25) is 0 Å². The van der Waals surface area contributed by atoms with Crippen molar-refractivity contribution in [2.24, 2.45) is 0 Å². The molecule has 64 valence electrons. The number of nitrogens with two attached hydrogens (primary N) is 1. The van der Waals surface area contributed by atoms with Crippen molar-refractivity contribution in [2.45, 2.75) is 19.9 Å². The SMILES string of the molecule is CC(C)n1c(C#N)cc(N)c1Br. The summed E-state index contributed by atoms with van der Waals surface area (Å²) in [4.78, 5) is 0. The molecule has 1 heterocycles. The molecule has 0 aliphatic rings. The molecule has 0 aromatic carbocycles. The lowest BCUT2D eigenvalue weighted by molar-refractivity contribution is 0.587. The first kappa shape index (κ1) is 9.14. The molecule has 0 aliphatic carbocycles. The summed E-state index contributed by atoms with van der Waals surface area (Å²) in [5, 5.41) is 8.76. The minimum Gasteiger partial charge on any atom is -0.397 e. The largest absolute Gasteiger partial charge is 0.397 e. The summed E-state index contributed by atoms with van der Waals surface area (Å²) in [6, 6.07) is 4.00. The Balaban J connectivity index is 3.34. The first-order chi connectivity index (χ1) is 5.57. The van der Waals surface area contributed by atoms with Gasteiger partial charge in [-0.25, -0.2) is 0 Å². The average molecular weight is 228 g/mol. The highest BCUT2D eigenvalue weighted by molar-refractivity contribution is 9.10. The van der Waals surface area contributed by atoms with Gasteiger partial charge in [-0.05, 0) is 35.8 Å². The number of anilines is 1. The zero-order valence-corrected chi connectivity index (χ0v) is 8.59. The molecule has 0 aliphatic heterocycles. The van der Waals surface area contributed by atoms with Gasteiger partial charge in [0.05, 0.1) is 5.69 Å². The van der Waals surface area contributed by atoms with Crippen LogP contribution < -0.4 is 5.73 Å². The van der Waals surface area contributed by atoms with Crippen molar-refractivity contribution in [3.05, 3.63) is 16.4 Å². The Bertz CT molecular complexity index is 333. The first-order valence-corrected chi connectivity index (χ1v) is 4.43. The third kappa shape index (κ3) is 1.32.